The summed E-state index contributed by atoms with van der Waals surface area (Å²) in [5.74, 6) is 0. The van der Waals surface area contributed by atoms with E-state index in [1.807, 2.05) is 36.5 Å². The van der Waals surface area contributed by atoms with E-state index >= 15 is 0 Å². The molecule has 130 valence electrons. The van der Waals surface area contributed by atoms with Crippen LogP contribution in [0.3, 0.4) is 0 Å². The number of nitrogens with zero attached hydrogens (tertiary/aromatic N) is 3. The van der Waals surface area contributed by atoms with Crippen molar-refractivity contribution in [1.29, 1.82) is 0 Å². The molecule has 0 saturated carbocycles. The first-order chi connectivity index (χ1) is 11.7. The third-order valence-corrected chi connectivity index (χ3v) is 4.55. The van der Waals surface area contributed by atoms with Gasteiger partial charge in [0.05, 0.1) is 31.6 Å². The molecule has 1 aliphatic rings. The molecule has 1 aromatic carbocycles. The molecule has 1 saturated heterocycles. The molecule has 1 fully saturated rings. The molecular weight excluding hydrogens is 302 g/mol. The molecule has 1 aromatic heterocycles. The van der Waals surface area contributed by atoms with Gasteiger partial charge in [-0.3, -0.25) is 4.68 Å². The van der Waals surface area contributed by atoms with Crippen LogP contribution >= 0.6 is 0 Å². The zero-order valence-corrected chi connectivity index (χ0v) is 14.3. The van der Waals surface area contributed by atoms with E-state index in [9.17, 15) is 5.11 Å². The Hall–Kier alpha value is -1.69. The summed E-state index contributed by atoms with van der Waals surface area (Å²) in [4.78, 5) is 2.32. The molecule has 1 N–H and O–H groups in total. The molecule has 0 unspecified atom stereocenters. The normalized spacial score (nSPS) is 17.9. The summed E-state index contributed by atoms with van der Waals surface area (Å²) >= 11 is 0. The molecule has 0 amide bonds. The molecule has 1 aliphatic heterocycles. The van der Waals surface area contributed by atoms with Crippen LogP contribution in [-0.2, 0) is 11.3 Å². The quantitative estimate of drug-likeness (QED) is 0.847. The largest absolute Gasteiger partial charge is 0.389 e. The average molecular weight is 329 g/mol. The maximum absolute atomic E-state index is 10.2. The summed E-state index contributed by atoms with van der Waals surface area (Å²) in [6, 6.07) is 10.6. The minimum absolute atomic E-state index is 0.382. The van der Waals surface area contributed by atoms with Crippen molar-refractivity contribution in [2.24, 2.45) is 0 Å². The van der Waals surface area contributed by atoms with Crippen LogP contribution in [0, 0.1) is 6.92 Å². The Morgan fingerprint density at radius 1 is 1.25 bits per heavy atom. The van der Waals surface area contributed by atoms with Gasteiger partial charge < -0.3 is 14.7 Å². The number of benzene rings is 1. The van der Waals surface area contributed by atoms with Crippen LogP contribution < -0.4 is 0 Å². The van der Waals surface area contributed by atoms with Crippen molar-refractivity contribution in [2.45, 2.75) is 38.5 Å². The standard InChI is InChI=1S/C19H27N3O2/c1-16-11-20-22(12-16)18-7-9-21(10-8-18)13-19(23)15-24-14-17-5-3-2-4-6-17/h2-6,11-12,18-19,23H,7-10,13-15H2,1H3/t19-/m1/s1. The van der Waals surface area contributed by atoms with Gasteiger partial charge >= 0.3 is 0 Å². The highest BCUT2D eigenvalue weighted by Gasteiger charge is 2.22. The Labute approximate surface area is 143 Å². The Morgan fingerprint density at radius 2 is 2.00 bits per heavy atom. The molecular formula is C19H27N3O2. The van der Waals surface area contributed by atoms with Crippen molar-refractivity contribution in [3.63, 3.8) is 0 Å². The molecule has 0 bridgehead atoms. The third-order valence-electron chi connectivity index (χ3n) is 4.55. The molecule has 2 aromatic rings. The van der Waals surface area contributed by atoms with E-state index in [4.69, 9.17) is 4.74 Å². The van der Waals surface area contributed by atoms with E-state index < -0.39 is 6.10 Å². The number of β-amino-alcohol motifs (C(OH)–C–C–N with tert-alkyl or cyclic N) is 1. The molecule has 0 radical (unpaired) electrons. The molecule has 3 rings (SSSR count). The molecule has 1 atom stereocenters. The summed E-state index contributed by atoms with van der Waals surface area (Å²) < 4.78 is 7.71. The van der Waals surface area contributed by atoms with E-state index in [-0.39, 0.29) is 0 Å². The molecule has 24 heavy (non-hydrogen) atoms. The van der Waals surface area contributed by atoms with E-state index in [1.54, 1.807) is 0 Å². The fourth-order valence-corrected chi connectivity index (χ4v) is 3.24. The number of ether oxygens (including phenoxy) is 1. The molecule has 0 aliphatic carbocycles. The summed E-state index contributed by atoms with van der Waals surface area (Å²) in [5, 5.41) is 14.6. The van der Waals surface area contributed by atoms with Gasteiger partial charge in [-0.05, 0) is 30.9 Å². The summed E-state index contributed by atoms with van der Waals surface area (Å²) in [6.07, 6.45) is 5.77. The van der Waals surface area contributed by atoms with Crippen molar-refractivity contribution in [1.82, 2.24) is 14.7 Å². The van der Waals surface area contributed by atoms with Gasteiger partial charge in [0.25, 0.3) is 0 Å². The van der Waals surface area contributed by atoms with Gasteiger partial charge in [0.15, 0.2) is 0 Å². The zero-order valence-electron chi connectivity index (χ0n) is 14.3. The van der Waals surface area contributed by atoms with Crippen LogP contribution in [-0.4, -0.2) is 52.1 Å². The number of likely N-dealkylation sites (tertiary alicyclic amines) is 1. The Morgan fingerprint density at radius 3 is 2.67 bits per heavy atom. The highest BCUT2D eigenvalue weighted by atomic mass is 16.5. The number of piperidine rings is 1. The van der Waals surface area contributed by atoms with Crippen LogP contribution in [0.15, 0.2) is 42.7 Å². The van der Waals surface area contributed by atoms with Gasteiger partial charge in [-0.15, -0.1) is 0 Å². The first-order valence-electron chi connectivity index (χ1n) is 8.73. The topological polar surface area (TPSA) is 50.5 Å². The van der Waals surface area contributed by atoms with Crippen LogP contribution in [0.2, 0.25) is 0 Å². The van der Waals surface area contributed by atoms with Crippen molar-refractivity contribution >= 4 is 0 Å². The molecule has 5 heteroatoms. The van der Waals surface area contributed by atoms with Gasteiger partial charge in [-0.1, -0.05) is 30.3 Å². The van der Waals surface area contributed by atoms with Gasteiger partial charge in [-0.25, -0.2) is 0 Å². The minimum atomic E-state index is -0.433. The molecule has 0 spiro atoms. The monoisotopic (exact) mass is 329 g/mol. The highest BCUT2D eigenvalue weighted by Crippen LogP contribution is 2.22. The van der Waals surface area contributed by atoms with Gasteiger partial charge in [0.2, 0.25) is 0 Å². The summed E-state index contributed by atoms with van der Waals surface area (Å²) in [5.41, 5.74) is 2.35. The first-order valence-corrected chi connectivity index (χ1v) is 8.73. The number of hydrogen-bond acceptors (Lipinski definition) is 4. The average Bonchev–Trinajstić information content (AvgIpc) is 3.03. The Balaban J connectivity index is 1.35. The Kier molecular flexibility index (Phi) is 6.01. The highest BCUT2D eigenvalue weighted by molar-refractivity contribution is 5.13. The zero-order chi connectivity index (χ0) is 16.8. The smallest absolute Gasteiger partial charge is 0.0900 e. The van der Waals surface area contributed by atoms with Crippen molar-refractivity contribution in [2.75, 3.05) is 26.2 Å². The van der Waals surface area contributed by atoms with Crippen LogP contribution in [0.5, 0.6) is 0 Å². The fourth-order valence-electron chi connectivity index (χ4n) is 3.24. The van der Waals surface area contributed by atoms with Gasteiger partial charge in [-0.2, -0.15) is 5.10 Å². The van der Waals surface area contributed by atoms with Crippen LogP contribution in [0.4, 0.5) is 0 Å². The second-order valence-electron chi connectivity index (χ2n) is 6.68. The maximum Gasteiger partial charge on any atom is 0.0900 e. The number of rotatable bonds is 7. The van der Waals surface area contributed by atoms with Gasteiger partial charge in [0, 0.05) is 25.8 Å². The summed E-state index contributed by atoms with van der Waals surface area (Å²) in [6.45, 7) is 5.69. The minimum Gasteiger partial charge on any atom is -0.389 e. The SMILES string of the molecule is Cc1cnn(C2CCN(C[C@@H](O)COCc3ccccc3)CC2)c1. The predicted octanol–water partition coefficient (Wildman–Crippen LogP) is 2.41. The Bertz CT molecular complexity index is 606. The van der Waals surface area contributed by atoms with E-state index in [0.717, 1.165) is 31.5 Å². The number of hydrogen-bond donors (Lipinski definition) is 1. The lowest BCUT2D eigenvalue weighted by atomic mass is 10.0. The fraction of sp³-hybridized carbons (Fsp3) is 0.526. The number of aliphatic hydroxyl groups excluding tert-OH is 1. The number of aliphatic hydroxyl groups is 1. The number of aryl methyl sites for hydroxylation is 1. The van der Waals surface area contributed by atoms with E-state index in [2.05, 4.69) is 27.8 Å². The number of aromatic nitrogens is 2. The van der Waals surface area contributed by atoms with Gasteiger partial charge in [0.1, 0.15) is 0 Å². The van der Waals surface area contributed by atoms with Crippen molar-refractivity contribution in [3.05, 3.63) is 53.9 Å². The van der Waals surface area contributed by atoms with Crippen LogP contribution in [0.1, 0.15) is 30.0 Å². The van der Waals surface area contributed by atoms with Crippen molar-refractivity contribution < 1.29 is 9.84 Å². The second kappa shape index (κ2) is 8.42. The third kappa shape index (κ3) is 4.90. The summed E-state index contributed by atoms with van der Waals surface area (Å²) in [7, 11) is 0. The first kappa shape index (κ1) is 17.1. The lowest BCUT2D eigenvalue weighted by Crippen LogP contribution is -2.40. The lowest BCUT2D eigenvalue weighted by molar-refractivity contribution is 0.00459. The predicted molar refractivity (Wildman–Crippen MR) is 93.8 cm³/mol. The maximum atomic E-state index is 10.2. The second-order valence-corrected chi connectivity index (χ2v) is 6.68. The van der Waals surface area contributed by atoms with E-state index in [0.29, 0.717) is 25.8 Å². The molecule has 2 heterocycles. The van der Waals surface area contributed by atoms with E-state index in [1.165, 1.54) is 5.56 Å². The lowest BCUT2D eigenvalue weighted by Gasteiger charge is -2.33. The van der Waals surface area contributed by atoms with Crippen molar-refractivity contribution in [3.8, 4) is 0 Å². The molecule has 5 nitrogen and oxygen atoms in total. The van der Waals surface area contributed by atoms with Crippen LogP contribution in [0.25, 0.3) is 0 Å².